The van der Waals surface area contributed by atoms with Crippen molar-refractivity contribution in [2.45, 2.75) is 26.5 Å². The van der Waals surface area contributed by atoms with Crippen LogP contribution in [-0.2, 0) is 6.61 Å². The lowest BCUT2D eigenvalue weighted by molar-refractivity contribution is 0.0915. The Kier molecular flexibility index (Phi) is 5.00. The van der Waals surface area contributed by atoms with Crippen LogP contribution in [-0.4, -0.2) is 33.0 Å². The Balaban J connectivity index is 1.89. The van der Waals surface area contributed by atoms with Gasteiger partial charge in [-0.3, -0.25) is 9.20 Å². The number of aliphatic hydroxyl groups excluding tert-OH is 1. The zero-order valence-electron chi connectivity index (χ0n) is 14.3. The molecule has 0 aliphatic carbocycles. The Morgan fingerprint density at radius 2 is 2.04 bits per heavy atom. The van der Waals surface area contributed by atoms with Gasteiger partial charge in [0.25, 0.3) is 5.91 Å². The Labute approximate surface area is 146 Å². The minimum absolute atomic E-state index is 0.118. The van der Waals surface area contributed by atoms with Gasteiger partial charge < -0.3 is 15.2 Å². The van der Waals surface area contributed by atoms with E-state index in [0.717, 1.165) is 5.56 Å². The number of nitrogens with one attached hydrogen (secondary N) is 1. The molecule has 2 heterocycles. The molecule has 0 fully saturated rings. The SMILES string of the molecule is Cc1nc2c(OCc3ccccc3)cccn2c1C(=O)NC(C)CO. The molecule has 0 aliphatic heterocycles. The first kappa shape index (κ1) is 17.0. The summed E-state index contributed by atoms with van der Waals surface area (Å²) in [6.07, 6.45) is 1.78. The Bertz CT molecular complexity index is 874. The van der Waals surface area contributed by atoms with Gasteiger partial charge in [0.2, 0.25) is 0 Å². The van der Waals surface area contributed by atoms with Gasteiger partial charge in [0, 0.05) is 12.2 Å². The third-order valence-corrected chi connectivity index (χ3v) is 3.89. The Morgan fingerprint density at radius 1 is 1.28 bits per heavy atom. The lowest BCUT2D eigenvalue weighted by Gasteiger charge is -2.11. The predicted molar refractivity (Wildman–Crippen MR) is 94.7 cm³/mol. The monoisotopic (exact) mass is 339 g/mol. The number of amides is 1. The summed E-state index contributed by atoms with van der Waals surface area (Å²) in [5.41, 5.74) is 2.71. The van der Waals surface area contributed by atoms with Crippen molar-refractivity contribution in [1.29, 1.82) is 0 Å². The van der Waals surface area contributed by atoms with Gasteiger partial charge >= 0.3 is 0 Å². The number of rotatable bonds is 6. The van der Waals surface area contributed by atoms with Gasteiger partial charge in [-0.15, -0.1) is 0 Å². The molecule has 0 saturated heterocycles. The van der Waals surface area contributed by atoms with Crippen molar-refractivity contribution in [3.63, 3.8) is 0 Å². The second-order valence-corrected chi connectivity index (χ2v) is 5.94. The van der Waals surface area contributed by atoms with Crippen molar-refractivity contribution < 1.29 is 14.6 Å². The molecule has 0 spiro atoms. The fourth-order valence-electron chi connectivity index (χ4n) is 2.62. The van der Waals surface area contributed by atoms with E-state index in [1.807, 2.05) is 42.5 Å². The summed E-state index contributed by atoms with van der Waals surface area (Å²) in [6.45, 7) is 3.83. The van der Waals surface area contributed by atoms with Gasteiger partial charge in [-0.2, -0.15) is 0 Å². The Morgan fingerprint density at radius 3 is 2.76 bits per heavy atom. The average molecular weight is 339 g/mol. The van der Waals surface area contributed by atoms with Crippen molar-refractivity contribution in [2.24, 2.45) is 0 Å². The number of imidazole rings is 1. The highest BCUT2D eigenvalue weighted by atomic mass is 16.5. The van der Waals surface area contributed by atoms with Crippen LogP contribution >= 0.6 is 0 Å². The summed E-state index contributed by atoms with van der Waals surface area (Å²) in [6, 6.07) is 13.2. The number of carbonyl (C=O) groups is 1. The molecule has 1 amide bonds. The number of aromatic nitrogens is 2. The van der Waals surface area contributed by atoms with Crippen molar-refractivity contribution in [1.82, 2.24) is 14.7 Å². The van der Waals surface area contributed by atoms with E-state index >= 15 is 0 Å². The molecule has 1 unspecified atom stereocenters. The predicted octanol–water partition coefficient (Wildman–Crippen LogP) is 2.33. The van der Waals surface area contributed by atoms with E-state index in [-0.39, 0.29) is 18.6 Å². The number of aryl methyl sites for hydroxylation is 1. The summed E-state index contributed by atoms with van der Waals surface area (Å²) in [5, 5.41) is 11.9. The maximum absolute atomic E-state index is 12.5. The zero-order chi connectivity index (χ0) is 17.8. The van der Waals surface area contributed by atoms with Crippen LogP contribution < -0.4 is 10.1 Å². The second-order valence-electron chi connectivity index (χ2n) is 5.94. The standard InChI is InChI=1S/C19H21N3O3/c1-13(11-23)20-19(24)17-14(2)21-18-16(9-6-10-22(17)18)25-12-15-7-4-3-5-8-15/h3-10,13,23H,11-12H2,1-2H3,(H,20,24). The smallest absolute Gasteiger partial charge is 0.270 e. The molecule has 0 aliphatic rings. The van der Waals surface area contributed by atoms with Crippen LogP contribution in [0.3, 0.4) is 0 Å². The van der Waals surface area contributed by atoms with Crippen molar-refractivity contribution in [3.05, 3.63) is 65.6 Å². The molecule has 2 aromatic heterocycles. The first-order valence-electron chi connectivity index (χ1n) is 8.16. The van der Waals surface area contributed by atoms with E-state index in [1.54, 1.807) is 24.4 Å². The highest BCUT2D eigenvalue weighted by Gasteiger charge is 2.19. The molecule has 2 N–H and O–H groups in total. The first-order chi connectivity index (χ1) is 12.1. The number of ether oxygens (including phenoxy) is 1. The topological polar surface area (TPSA) is 75.9 Å². The summed E-state index contributed by atoms with van der Waals surface area (Å²) >= 11 is 0. The molecule has 3 aromatic rings. The maximum atomic E-state index is 12.5. The van der Waals surface area contributed by atoms with Gasteiger partial charge in [-0.1, -0.05) is 30.3 Å². The van der Waals surface area contributed by atoms with Crippen LogP contribution in [0.25, 0.3) is 5.65 Å². The summed E-state index contributed by atoms with van der Waals surface area (Å²) in [4.78, 5) is 17.0. The third-order valence-electron chi connectivity index (χ3n) is 3.89. The lowest BCUT2D eigenvalue weighted by Crippen LogP contribution is -2.36. The molecule has 1 atom stereocenters. The van der Waals surface area contributed by atoms with Crippen molar-refractivity contribution in [2.75, 3.05) is 6.61 Å². The van der Waals surface area contributed by atoms with Crippen LogP contribution in [0.5, 0.6) is 5.75 Å². The largest absolute Gasteiger partial charge is 0.485 e. The lowest BCUT2D eigenvalue weighted by atomic mass is 10.2. The van der Waals surface area contributed by atoms with Crippen LogP contribution in [0.2, 0.25) is 0 Å². The minimum Gasteiger partial charge on any atom is -0.485 e. The molecule has 3 rings (SSSR count). The fourth-order valence-corrected chi connectivity index (χ4v) is 2.62. The van der Waals surface area contributed by atoms with E-state index in [4.69, 9.17) is 9.84 Å². The molecular weight excluding hydrogens is 318 g/mol. The van der Waals surface area contributed by atoms with Crippen LogP contribution in [0.1, 0.15) is 28.7 Å². The van der Waals surface area contributed by atoms with E-state index in [0.29, 0.717) is 29.4 Å². The number of nitrogens with zero attached hydrogens (tertiary/aromatic N) is 2. The van der Waals surface area contributed by atoms with Crippen LogP contribution in [0.15, 0.2) is 48.7 Å². The second kappa shape index (κ2) is 7.36. The summed E-state index contributed by atoms with van der Waals surface area (Å²) in [7, 11) is 0. The number of hydrogen-bond donors (Lipinski definition) is 2. The van der Waals surface area contributed by atoms with Crippen molar-refractivity contribution in [3.8, 4) is 5.75 Å². The number of aliphatic hydroxyl groups is 1. The summed E-state index contributed by atoms with van der Waals surface area (Å²) < 4.78 is 7.62. The Hall–Kier alpha value is -2.86. The van der Waals surface area contributed by atoms with Crippen LogP contribution in [0.4, 0.5) is 0 Å². The third kappa shape index (κ3) is 3.64. The van der Waals surface area contributed by atoms with Gasteiger partial charge in [0.15, 0.2) is 11.4 Å². The molecule has 130 valence electrons. The molecule has 25 heavy (non-hydrogen) atoms. The zero-order valence-corrected chi connectivity index (χ0v) is 14.3. The van der Waals surface area contributed by atoms with E-state index in [1.165, 1.54) is 0 Å². The van der Waals surface area contributed by atoms with E-state index in [9.17, 15) is 4.79 Å². The number of pyridine rings is 1. The molecular formula is C19H21N3O3. The average Bonchev–Trinajstić information content (AvgIpc) is 2.97. The van der Waals surface area contributed by atoms with Gasteiger partial charge in [0.05, 0.1) is 12.3 Å². The summed E-state index contributed by atoms with van der Waals surface area (Å²) in [5.74, 6) is 0.343. The molecule has 0 saturated carbocycles. The minimum atomic E-state index is -0.324. The van der Waals surface area contributed by atoms with Crippen LogP contribution in [0, 0.1) is 6.92 Å². The molecule has 0 radical (unpaired) electrons. The fraction of sp³-hybridized carbons (Fsp3) is 0.263. The number of benzene rings is 1. The highest BCUT2D eigenvalue weighted by molar-refractivity contribution is 5.95. The normalized spacial score (nSPS) is 12.1. The van der Waals surface area contributed by atoms with Gasteiger partial charge in [0.1, 0.15) is 12.3 Å². The number of carbonyl (C=O) groups excluding carboxylic acids is 1. The number of fused-ring (bicyclic) bond motifs is 1. The molecule has 0 bridgehead atoms. The first-order valence-corrected chi connectivity index (χ1v) is 8.16. The maximum Gasteiger partial charge on any atom is 0.270 e. The van der Waals surface area contributed by atoms with Gasteiger partial charge in [-0.05, 0) is 31.5 Å². The highest BCUT2D eigenvalue weighted by Crippen LogP contribution is 2.23. The quantitative estimate of drug-likeness (QED) is 0.723. The molecule has 6 heteroatoms. The molecule has 6 nitrogen and oxygen atoms in total. The molecule has 1 aromatic carbocycles. The van der Waals surface area contributed by atoms with E-state index < -0.39 is 0 Å². The number of hydrogen-bond acceptors (Lipinski definition) is 4. The van der Waals surface area contributed by atoms with Gasteiger partial charge in [-0.25, -0.2) is 4.98 Å². The van der Waals surface area contributed by atoms with Crippen molar-refractivity contribution >= 4 is 11.6 Å². The van der Waals surface area contributed by atoms with E-state index in [2.05, 4.69) is 10.3 Å².